The number of H-pyrrole nitrogens is 1. The molecule has 9 nitrogen and oxygen atoms in total. The van der Waals surface area contributed by atoms with Gasteiger partial charge in [0.25, 0.3) is 11.8 Å². The number of esters is 2. The van der Waals surface area contributed by atoms with Gasteiger partial charge in [-0.1, -0.05) is 12.7 Å². The summed E-state index contributed by atoms with van der Waals surface area (Å²) in [6.07, 6.45) is 0.334. The van der Waals surface area contributed by atoms with Crippen LogP contribution in [0, 0.1) is 0 Å². The van der Waals surface area contributed by atoms with Gasteiger partial charge in [0.2, 0.25) is 0 Å². The summed E-state index contributed by atoms with van der Waals surface area (Å²) in [5.74, 6) is -1.34. The minimum absolute atomic E-state index is 0.192. The lowest BCUT2D eigenvalue weighted by Gasteiger charge is -2.23. The van der Waals surface area contributed by atoms with Gasteiger partial charge in [0.15, 0.2) is 0 Å². The number of aromatic amines is 1. The maximum absolute atomic E-state index is 12.0. The molecule has 0 aliphatic heterocycles. The van der Waals surface area contributed by atoms with Gasteiger partial charge in [-0.25, -0.2) is 9.36 Å². The standard InChI is InChI=1S/C14H18N2O7/c1-5-11-6-15-14(20)16(12(11)19)7-21-8(2)13(22-9(3)17)23-10(4)18/h5-6,8,13H,1,7H2,2-4H3,(H,15,20). The molecule has 0 saturated heterocycles. The quantitative estimate of drug-likeness (QED) is 0.553. The van der Waals surface area contributed by atoms with Crippen LogP contribution in [-0.4, -0.2) is 33.9 Å². The van der Waals surface area contributed by atoms with Crippen LogP contribution in [0.2, 0.25) is 0 Å². The summed E-state index contributed by atoms with van der Waals surface area (Å²) in [7, 11) is 0. The van der Waals surface area contributed by atoms with Crippen LogP contribution < -0.4 is 11.2 Å². The summed E-state index contributed by atoms with van der Waals surface area (Å²) in [5, 5.41) is 0. The van der Waals surface area contributed by atoms with Gasteiger partial charge in [-0.2, -0.15) is 0 Å². The monoisotopic (exact) mass is 326 g/mol. The molecule has 9 heteroatoms. The molecule has 1 atom stereocenters. The van der Waals surface area contributed by atoms with E-state index in [-0.39, 0.29) is 5.56 Å². The van der Waals surface area contributed by atoms with Crippen LogP contribution in [0.25, 0.3) is 6.08 Å². The molecule has 0 radical (unpaired) electrons. The molecule has 0 fully saturated rings. The fourth-order valence-electron chi connectivity index (χ4n) is 1.60. The van der Waals surface area contributed by atoms with E-state index in [1.807, 2.05) is 0 Å². The number of ether oxygens (including phenoxy) is 3. The van der Waals surface area contributed by atoms with Gasteiger partial charge < -0.3 is 19.2 Å². The van der Waals surface area contributed by atoms with Gasteiger partial charge in [0, 0.05) is 20.0 Å². The molecule has 23 heavy (non-hydrogen) atoms. The van der Waals surface area contributed by atoms with Crippen molar-refractivity contribution in [1.29, 1.82) is 0 Å². The molecule has 0 spiro atoms. The van der Waals surface area contributed by atoms with Crippen LogP contribution in [0.15, 0.2) is 22.4 Å². The number of aromatic nitrogens is 2. The zero-order valence-electron chi connectivity index (χ0n) is 13.0. The van der Waals surface area contributed by atoms with E-state index in [9.17, 15) is 19.2 Å². The molecule has 1 heterocycles. The zero-order chi connectivity index (χ0) is 17.6. The Morgan fingerprint density at radius 3 is 2.35 bits per heavy atom. The van der Waals surface area contributed by atoms with E-state index in [4.69, 9.17) is 14.2 Å². The number of rotatable bonds is 7. The summed E-state index contributed by atoms with van der Waals surface area (Å²) in [4.78, 5) is 48.0. The number of nitrogens with one attached hydrogen (secondary N) is 1. The topological polar surface area (TPSA) is 117 Å². The second kappa shape index (κ2) is 8.08. The van der Waals surface area contributed by atoms with E-state index in [1.165, 1.54) is 19.2 Å². The summed E-state index contributed by atoms with van der Waals surface area (Å²) < 4.78 is 15.7. The first kappa shape index (κ1) is 18.4. The first-order valence-electron chi connectivity index (χ1n) is 6.67. The number of nitrogens with zero attached hydrogens (tertiary/aromatic N) is 1. The molecule has 0 aliphatic rings. The lowest BCUT2D eigenvalue weighted by atomic mass is 10.3. The largest absolute Gasteiger partial charge is 0.422 e. The van der Waals surface area contributed by atoms with E-state index in [0.717, 1.165) is 18.4 Å². The summed E-state index contributed by atoms with van der Waals surface area (Å²) in [6.45, 7) is 6.79. The summed E-state index contributed by atoms with van der Waals surface area (Å²) >= 11 is 0. The van der Waals surface area contributed by atoms with Crippen LogP contribution in [0.4, 0.5) is 0 Å². The van der Waals surface area contributed by atoms with Gasteiger partial charge in [-0.15, -0.1) is 0 Å². The van der Waals surface area contributed by atoms with Gasteiger partial charge >= 0.3 is 17.6 Å². The fraction of sp³-hybridized carbons (Fsp3) is 0.429. The number of hydrogen-bond acceptors (Lipinski definition) is 7. The lowest BCUT2D eigenvalue weighted by Crippen LogP contribution is -2.40. The molecule has 0 aromatic carbocycles. The minimum Gasteiger partial charge on any atom is -0.422 e. The molecule has 1 rings (SSSR count). The van der Waals surface area contributed by atoms with Crippen molar-refractivity contribution >= 4 is 18.0 Å². The zero-order valence-corrected chi connectivity index (χ0v) is 13.0. The van der Waals surface area contributed by atoms with Crippen molar-refractivity contribution in [2.24, 2.45) is 0 Å². The third kappa shape index (κ3) is 5.22. The maximum Gasteiger partial charge on any atom is 0.330 e. The Morgan fingerprint density at radius 2 is 1.87 bits per heavy atom. The van der Waals surface area contributed by atoms with Gasteiger partial charge in [0.1, 0.15) is 12.8 Å². The summed E-state index contributed by atoms with van der Waals surface area (Å²) in [6, 6.07) is 0. The minimum atomic E-state index is -1.29. The third-order valence-corrected chi connectivity index (χ3v) is 2.72. The van der Waals surface area contributed by atoms with Crippen LogP contribution in [-0.2, 0) is 30.5 Å². The van der Waals surface area contributed by atoms with E-state index in [1.54, 1.807) is 0 Å². The van der Waals surface area contributed by atoms with Gasteiger partial charge in [-0.05, 0) is 6.92 Å². The average Bonchev–Trinajstić information content (AvgIpc) is 2.45. The Kier molecular flexibility index (Phi) is 6.46. The van der Waals surface area contributed by atoms with Crippen molar-refractivity contribution in [3.05, 3.63) is 39.2 Å². The third-order valence-electron chi connectivity index (χ3n) is 2.72. The number of carbonyl (C=O) groups excluding carboxylic acids is 2. The van der Waals surface area contributed by atoms with Crippen molar-refractivity contribution in [3.63, 3.8) is 0 Å². The highest BCUT2D eigenvalue weighted by atomic mass is 16.7. The van der Waals surface area contributed by atoms with E-state index in [0.29, 0.717) is 0 Å². The van der Waals surface area contributed by atoms with E-state index in [2.05, 4.69) is 11.6 Å². The molecular weight excluding hydrogens is 308 g/mol. The lowest BCUT2D eigenvalue weighted by molar-refractivity contribution is -0.212. The molecule has 1 unspecified atom stereocenters. The van der Waals surface area contributed by atoms with Crippen molar-refractivity contribution < 1.29 is 23.8 Å². The first-order chi connectivity index (χ1) is 10.8. The van der Waals surface area contributed by atoms with E-state index >= 15 is 0 Å². The number of hydrogen-bond donors (Lipinski definition) is 1. The smallest absolute Gasteiger partial charge is 0.330 e. The van der Waals surface area contributed by atoms with Gasteiger partial charge in [-0.3, -0.25) is 14.4 Å². The van der Waals surface area contributed by atoms with Crippen LogP contribution in [0.5, 0.6) is 0 Å². The predicted molar refractivity (Wildman–Crippen MR) is 79.3 cm³/mol. The Bertz CT molecular complexity index is 688. The predicted octanol–water partition coefficient (Wildman–Crippen LogP) is -0.00550. The molecule has 1 N–H and O–H groups in total. The van der Waals surface area contributed by atoms with Crippen molar-refractivity contribution in [2.75, 3.05) is 0 Å². The van der Waals surface area contributed by atoms with Crippen molar-refractivity contribution in [1.82, 2.24) is 9.55 Å². The van der Waals surface area contributed by atoms with E-state index < -0.39 is 42.3 Å². The Balaban J connectivity index is 2.89. The normalized spacial score (nSPS) is 11.8. The molecule has 0 aliphatic carbocycles. The molecule has 126 valence electrons. The molecular formula is C14H18N2O7. The fourth-order valence-corrected chi connectivity index (χ4v) is 1.60. The van der Waals surface area contributed by atoms with Gasteiger partial charge in [0.05, 0.1) is 5.56 Å². The second-order valence-corrected chi connectivity index (χ2v) is 4.57. The second-order valence-electron chi connectivity index (χ2n) is 4.57. The number of carbonyl (C=O) groups is 2. The van der Waals surface area contributed by atoms with Crippen LogP contribution in [0.1, 0.15) is 26.3 Å². The Labute approximate surface area is 131 Å². The van der Waals surface area contributed by atoms with Crippen molar-refractivity contribution in [2.45, 2.75) is 39.9 Å². The molecule has 1 aromatic heterocycles. The molecule has 0 amide bonds. The highest BCUT2D eigenvalue weighted by molar-refractivity contribution is 5.68. The first-order valence-corrected chi connectivity index (χ1v) is 6.67. The Morgan fingerprint density at radius 1 is 1.30 bits per heavy atom. The molecule has 0 bridgehead atoms. The molecule has 1 aromatic rings. The average molecular weight is 326 g/mol. The SMILES string of the molecule is C=Cc1c[nH]c(=O)n(COC(C)C(OC(C)=O)OC(C)=O)c1=O. The highest BCUT2D eigenvalue weighted by Gasteiger charge is 2.24. The van der Waals surface area contributed by atoms with Crippen molar-refractivity contribution in [3.8, 4) is 0 Å². The Hall–Kier alpha value is -2.68. The van der Waals surface area contributed by atoms with Crippen LogP contribution >= 0.6 is 0 Å². The maximum atomic E-state index is 12.0. The highest BCUT2D eigenvalue weighted by Crippen LogP contribution is 2.07. The summed E-state index contributed by atoms with van der Waals surface area (Å²) in [5.41, 5.74) is -1.07. The van der Waals surface area contributed by atoms with Crippen LogP contribution in [0.3, 0.4) is 0 Å². The molecule has 0 saturated carbocycles.